The molecule has 6 heteroatoms. The third-order valence-electron chi connectivity index (χ3n) is 3.56. The summed E-state index contributed by atoms with van der Waals surface area (Å²) in [6.45, 7) is 3.74. The molecule has 0 atom stereocenters. The van der Waals surface area contributed by atoms with E-state index >= 15 is 0 Å². The van der Waals surface area contributed by atoms with Crippen LogP contribution in [-0.2, 0) is 0 Å². The lowest BCUT2D eigenvalue weighted by Crippen LogP contribution is -1.97. The first-order chi connectivity index (χ1) is 11.5. The van der Waals surface area contributed by atoms with E-state index in [0.29, 0.717) is 27.5 Å². The van der Waals surface area contributed by atoms with E-state index in [1.807, 2.05) is 19.9 Å². The Bertz CT molecular complexity index is 1050. The summed E-state index contributed by atoms with van der Waals surface area (Å²) in [5.41, 5.74) is 3.84. The van der Waals surface area contributed by atoms with E-state index in [2.05, 4.69) is 22.2 Å². The number of rotatable bonds is 2. The molecule has 116 valence electrons. The van der Waals surface area contributed by atoms with Gasteiger partial charge in [-0.2, -0.15) is 15.6 Å². The second-order valence-corrected chi connectivity index (χ2v) is 5.77. The fraction of sp³-hybridized carbons (Fsp3) is 0.111. The molecule has 24 heavy (non-hydrogen) atoms. The third kappa shape index (κ3) is 2.74. The van der Waals surface area contributed by atoms with Crippen molar-refractivity contribution in [3.8, 4) is 12.1 Å². The fourth-order valence-corrected chi connectivity index (χ4v) is 2.62. The minimum absolute atomic E-state index is 0.295. The summed E-state index contributed by atoms with van der Waals surface area (Å²) in [4.78, 5) is 4.39. The van der Waals surface area contributed by atoms with Gasteiger partial charge in [-0.25, -0.2) is 9.50 Å². The van der Waals surface area contributed by atoms with Gasteiger partial charge in [0.2, 0.25) is 0 Å². The average molecular weight is 334 g/mol. The molecule has 0 aliphatic heterocycles. The molecule has 0 saturated carbocycles. The Morgan fingerprint density at radius 3 is 2.54 bits per heavy atom. The number of benzene rings is 1. The maximum atomic E-state index is 9.54. The molecule has 5 nitrogen and oxygen atoms in total. The van der Waals surface area contributed by atoms with Crippen molar-refractivity contribution >= 4 is 28.9 Å². The Morgan fingerprint density at radius 2 is 1.92 bits per heavy atom. The number of allylic oxidation sites excluding steroid dienone is 1. The Morgan fingerprint density at radius 1 is 1.21 bits per heavy atom. The van der Waals surface area contributed by atoms with Gasteiger partial charge in [0.25, 0.3) is 0 Å². The lowest BCUT2D eigenvalue weighted by atomic mass is 10.1. The van der Waals surface area contributed by atoms with E-state index in [9.17, 15) is 10.5 Å². The molecule has 0 aliphatic carbocycles. The van der Waals surface area contributed by atoms with Crippen molar-refractivity contribution < 1.29 is 0 Å². The summed E-state index contributed by atoms with van der Waals surface area (Å²) in [5.74, 6) is 0. The van der Waals surface area contributed by atoms with E-state index in [1.54, 1.807) is 34.9 Å². The number of halogens is 1. The van der Waals surface area contributed by atoms with Crippen LogP contribution in [-0.4, -0.2) is 14.6 Å². The van der Waals surface area contributed by atoms with Crippen molar-refractivity contribution in [1.82, 2.24) is 14.6 Å². The first kappa shape index (κ1) is 15.7. The van der Waals surface area contributed by atoms with Gasteiger partial charge in [0, 0.05) is 16.4 Å². The largest absolute Gasteiger partial charge is 0.233 e. The molecule has 2 heterocycles. The molecule has 0 unspecified atom stereocenters. The van der Waals surface area contributed by atoms with E-state index in [4.69, 9.17) is 11.6 Å². The second kappa shape index (κ2) is 6.16. The minimum Gasteiger partial charge on any atom is -0.233 e. The molecular formula is C18H12ClN5. The lowest BCUT2D eigenvalue weighted by molar-refractivity contribution is 0.880. The Balaban J connectivity index is 2.24. The van der Waals surface area contributed by atoms with Crippen LogP contribution in [0.5, 0.6) is 0 Å². The monoisotopic (exact) mass is 333 g/mol. The quantitative estimate of drug-likeness (QED) is 0.665. The first-order valence-corrected chi connectivity index (χ1v) is 7.56. The molecular weight excluding hydrogens is 322 g/mol. The Hall–Kier alpha value is -3.15. The van der Waals surface area contributed by atoms with Crippen molar-refractivity contribution in [3.05, 3.63) is 63.6 Å². The van der Waals surface area contributed by atoms with E-state index in [1.165, 1.54) is 0 Å². The number of nitriles is 2. The smallest absolute Gasteiger partial charge is 0.174 e. The van der Waals surface area contributed by atoms with Gasteiger partial charge in [-0.15, -0.1) is 0 Å². The van der Waals surface area contributed by atoms with Crippen LogP contribution in [0.1, 0.15) is 28.2 Å². The van der Waals surface area contributed by atoms with Crippen LogP contribution in [0.4, 0.5) is 0 Å². The van der Waals surface area contributed by atoms with E-state index < -0.39 is 0 Å². The van der Waals surface area contributed by atoms with Crippen molar-refractivity contribution in [3.63, 3.8) is 0 Å². The number of hydrogen-bond donors (Lipinski definition) is 0. The van der Waals surface area contributed by atoms with Gasteiger partial charge < -0.3 is 0 Å². The van der Waals surface area contributed by atoms with Crippen LogP contribution >= 0.6 is 11.6 Å². The fourth-order valence-electron chi connectivity index (χ4n) is 2.49. The Labute approximate surface area is 144 Å². The standard InChI is InChI=1S/C18H12ClN5/c1-11-7-12(2)24-18(22-11)16(10-21)17(23-24)14(9-20)8-13-3-5-15(19)6-4-13/h3-8H,1-2H3/b14-8+. The molecule has 0 radical (unpaired) electrons. The zero-order valence-electron chi connectivity index (χ0n) is 13.1. The van der Waals surface area contributed by atoms with Gasteiger partial charge in [0.1, 0.15) is 23.4 Å². The summed E-state index contributed by atoms with van der Waals surface area (Å²) in [5, 5.41) is 24.1. The summed E-state index contributed by atoms with van der Waals surface area (Å²) in [7, 11) is 0. The summed E-state index contributed by atoms with van der Waals surface area (Å²) in [6.07, 6.45) is 1.68. The van der Waals surface area contributed by atoms with Crippen LogP contribution in [0.3, 0.4) is 0 Å². The topological polar surface area (TPSA) is 77.8 Å². The molecule has 0 spiro atoms. The van der Waals surface area contributed by atoms with Gasteiger partial charge in [0.05, 0.1) is 5.57 Å². The van der Waals surface area contributed by atoms with E-state index in [-0.39, 0.29) is 0 Å². The summed E-state index contributed by atoms with van der Waals surface area (Å²) < 4.78 is 1.59. The molecule has 0 bridgehead atoms. The van der Waals surface area contributed by atoms with E-state index in [0.717, 1.165) is 17.0 Å². The van der Waals surface area contributed by atoms with Crippen LogP contribution in [0, 0.1) is 36.5 Å². The molecule has 0 aliphatic rings. The maximum Gasteiger partial charge on any atom is 0.174 e. The number of hydrogen-bond acceptors (Lipinski definition) is 4. The van der Waals surface area contributed by atoms with Gasteiger partial charge in [-0.05, 0) is 43.7 Å². The normalized spacial score (nSPS) is 11.3. The van der Waals surface area contributed by atoms with Crippen LogP contribution in [0.25, 0.3) is 17.3 Å². The van der Waals surface area contributed by atoms with Gasteiger partial charge in [0.15, 0.2) is 5.65 Å². The molecule has 3 aromatic rings. The van der Waals surface area contributed by atoms with Crippen molar-refractivity contribution in [2.45, 2.75) is 13.8 Å². The highest BCUT2D eigenvalue weighted by Gasteiger charge is 2.18. The van der Waals surface area contributed by atoms with Gasteiger partial charge in [-0.1, -0.05) is 23.7 Å². The third-order valence-corrected chi connectivity index (χ3v) is 3.82. The molecule has 3 rings (SSSR count). The SMILES string of the molecule is Cc1cc(C)n2nc(/C(C#N)=C/c3ccc(Cl)cc3)c(C#N)c2n1. The predicted molar refractivity (Wildman–Crippen MR) is 92.1 cm³/mol. The number of nitrogens with zero attached hydrogens (tertiary/aromatic N) is 5. The zero-order valence-corrected chi connectivity index (χ0v) is 13.8. The molecule has 0 amide bonds. The van der Waals surface area contributed by atoms with Crippen LogP contribution in [0.15, 0.2) is 30.3 Å². The molecule has 0 N–H and O–H groups in total. The van der Waals surface area contributed by atoms with Gasteiger partial charge in [-0.3, -0.25) is 0 Å². The van der Waals surface area contributed by atoms with Gasteiger partial charge >= 0.3 is 0 Å². The second-order valence-electron chi connectivity index (χ2n) is 5.33. The molecule has 1 aromatic carbocycles. The van der Waals surface area contributed by atoms with Crippen LogP contribution < -0.4 is 0 Å². The highest BCUT2D eigenvalue weighted by atomic mass is 35.5. The highest BCUT2D eigenvalue weighted by molar-refractivity contribution is 6.30. The minimum atomic E-state index is 0.295. The summed E-state index contributed by atoms with van der Waals surface area (Å²) in [6, 6.07) is 13.2. The summed E-state index contributed by atoms with van der Waals surface area (Å²) >= 11 is 5.88. The zero-order chi connectivity index (χ0) is 17.3. The lowest BCUT2D eigenvalue weighted by Gasteiger charge is -1.99. The number of fused-ring (bicyclic) bond motifs is 1. The Kier molecular flexibility index (Phi) is 4.04. The number of aryl methyl sites for hydroxylation is 2. The van der Waals surface area contributed by atoms with Crippen molar-refractivity contribution in [2.24, 2.45) is 0 Å². The maximum absolute atomic E-state index is 9.54. The van der Waals surface area contributed by atoms with Crippen molar-refractivity contribution in [2.75, 3.05) is 0 Å². The van der Waals surface area contributed by atoms with Crippen LogP contribution in [0.2, 0.25) is 5.02 Å². The first-order valence-electron chi connectivity index (χ1n) is 7.18. The average Bonchev–Trinajstić information content (AvgIpc) is 2.93. The molecule has 0 saturated heterocycles. The highest BCUT2D eigenvalue weighted by Crippen LogP contribution is 2.24. The van der Waals surface area contributed by atoms with Crippen molar-refractivity contribution in [1.29, 1.82) is 10.5 Å². The predicted octanol–water partition coefficient (Wildman–Crippen LogP) is 3.94. The number of aromatic nitrogens is 3. The molecule has 0 fully saturated rings. The molecule has 2 aromatic heterocycles.